The van der Waals surface area contributed by atoms with Crippen LogP contribution in [0.25, 0.3) is 11.1 Å². The smallest absolute Gasteiger partial charge is 0.408 e. The first-order valence-electron chi connectivity index (χ1n) is 6.37. The quantitative estimate of drug-likeness (QED) is 0.877. The Kier molecular flexibility index (Phi) is 3.52. The summed E-state index contributed by atoms with van der Waals surface area (Å²) in [6.07, 6.45) is 0.806. The van der Waals surface area contributed by atoms with Crippen LogP contribution in [0.4, 0.5) is 0 Å². The highest BCUT2D eigenvalue weighted by molar-refractivity contribution is 5.73. The Morgan fingerprint density at radius 3 is 2.74 bits per heavy atom. The van der Waals surface area contributed by atoms with Gasteiger partial charge in [-0.05, 0) is 45.0 Å². The molecule has 0 bridgehead atoms. The van der Waals surface area contributed by atoms with Crippen LogP contribution < -0.4 is 16.8 Å². The van der Waals surface area contributed by atoms with E-state index in [-0.39, 0.29) is 17.3 Å². The Morgan fingerprint density at radius 1 is 1.47 bits per heavy atom. The van der Waals surface area contributed by atoms with Crippen molar-refractivity contribution in [1.82, 2.24) is 9.88 Å². The first kappa shape index (κ1) is 13.8. The van der Waals surface area contributed by atoms with Gasteiger partial charge >= 0.3 is 5.76 Å². The van der Waals surface area contributed by atoms with E-state index in [1.54, 1.807) is 7.05 Å². The van der Waals surface area contributed by atoms with Gasteiger partial charge in [0, 0.05) is 18.6 Å². The number of nitrogens with one attached hydrogen (secondary N) is 1. The summed E-state index contributed by atoms with van der Waals surface area (Å²) in [5.41, 5.74) is 8.34. The summed E-state index contributed by atoms with van der Waals surface area (Å²) < 4.78 is 6.64. The van der Waals surface area contributed by atoms with Crippen LogP contribution in [0.5, 0.6) is 0 Å². The number of hydrogen-bond acceptors (Lipinski definition) is 4. The van der Waals surface area contributed by atoms with Crippen molar-refractivity contribution in [1.29, 1.82) is 0 Å². The zero-order valence-electron chi connectivity index (χ0n) is 11.9. The van der Waals surface area contributed by atoms with Crippen molar-refractivity contribution in [3.8, 4) is 0 Å². The summed E-state index contributed by atoms with van der Waals surface area (Å²) in [5.74, 6) is -0.340. The Balaban J connectivity index is 2.44. The Morgan fingerprint density at radius 2 is 2.16 bits per heavy atom. The van der Waals surface area contributed by atoms with E-state index >= 15 is 0 Å². The summed E-state index contributed by atoms with van der Waals surface area (Å²) in [6, 6.07) is 5.93. The molecular formula is C14H21N3O2. The molecule has 0 saturated carbocycles. The Bertz CT molecular complexity index is 634. The molecule has 1 atom stereocenters. The van der Waals surface area contributed by atoms with Gasteiger partial charge < -0.3 is 15.5 Å². The fourth-order valence-corrected chi connectivity index (χ4v) is 2.27. The van der Waals surface area contributed by atoms with Gasteiger partial charge in [0.15, 0.2) is 5.58 Å². The van der Waals surface area contributed by atoms with Crippen molar-refractivity contribution in [2.24, 2.45) is 12.8 Å². The maximum absolute atomic E-state index is 11.5. The van der Waals surface area contributed by atoms with Crippen molar-refractivity contribution < 1.29 is 4.42 Å². The first-order valence-corrected chi connectivity index (χ1v) is 6.37. The Hall–Kier alpha value is -1.59. The molecule has 0 aliphatic heterocycles. The second-order valence-electron chi connectivity index (χ2n) is 5.69. The molecule has 5 nitrogen and oxygen atoms in total. The van der Waals surface area contributed by atoms with Gasteiger partial charge in [-0.25, -0.2) is 4.79 Å². The molecule has 0 saturated heterocycles. The molecule has 0 fully saturated rings. The van der Waals surface area contributed by atoms with Crippen molar-refractivity contribution in [3.63, 3.8) is 0 Å². The minimum absolute atomic E-state index is 0.148. The lowest BCUT2D eigenvalue weighted by Gasteiger charge is -2.26. The molecule has 1 aromatic carbocycles. The third kappa shape index (κ3) is 2.88. The van der Waals surface area contributed by atoms with Gasteiger partial charge in [-0.3, -0.25) is 4.57 Å². The summed E-state index contributed by atoms with van der Waals surface area (Å²) in [6.45, 7) is 4.01. The van der Waals surface area contributed by atoms with Crippen LogP contribution in [0.1, 0.15) is 31.9 Å². The third-order valence-corrected chi connectivity index (χ3v) is 3.30. The lowest BCUT2D eigenvalue weighted by molar-refractivity contribution is 0.396. The predicted octanol–water partition coefficient (Wildman–Crippen LogP) is 1.52. The van der Waals surface area contributed by atoms with Crippen molar-refractivity contribution in [2.75, 3.05) is 7.05 Å². The standard InChI is InChI=1S/C14H21N3O2/c1-14(2,15)8-10(16-3)9-5-6-12-11(7-9)17(4)13(18)19-12/h5-7,10,16H,8,15H2,1-4H3. The van der Waals surface area contributed by atoms with E-state index in [9.17, 15) is 4.79 Å². The monoisotopic (exact) mass is 263 g/mol. The molecular weight excluding hydrogens is 242 g/mol. The highest BCUT2D eigenvalue weighted by Crippen LogP contribution is 2.25. The van der Waals surface area contributed by atoms with Crippen LogP contribution in [-0.2, 0) is 7.05 Å². The fourth-order valence-electron chi connectivity index (χ4n) is 2.27. The number of benzene rings is 1. The van der Waals surface area contributed by atoms with Crippen molar-refractivity contribution in [2.45, 2.75) is 31.8 Å². The van der Waals surface area contributed by atoms with E-state index in [2.05, 4.69) is 5.32 Å². The minimum atomic E-state index is -0.340. The number of oxazole rings is 1. The minimum Gasteiger partial charge on any atom is -0.408 e. The van der Waals surface area contributed by atoms with Gasteiger partial charge in [0.1, 0.15) is 0 Å². The van der Waals surface area contributed by atoms with Crippen LogP contribution in [0, 0.1) is 0 Å². The molecule has 2 aromatic rings. The number of rotatable bonds is 4. The summed E-state index contributed by atoms with van der Waals surface area (Å²) in [5, 5.41) is 3.27. The topological polar surface area (TPSA) is 73.2 Å². The molecule has 104 valence electrons. The highest BCUT2D eigenvalue weighted by atomic mass is 16.4. The number of nitrogens with two attached hydrogens (primary N) is 1. The van der Waals surface area contributed by atoms with Crippen molar-refractivity contribution in [3.05, 3.63) is 34.3 Å². The van der Waals surface area contributed by atoms with Crippen LogP contribution >= 0.6 is 0 Å². The Labute approximate surface area is 112 Å². The molecule has 5 heteroatoms. The van der Waals surface area contributed by atoms with Gasteiger partial charge in [0.2, 0.25) is 0 Å². The van der Waals surface area contributed by atoms with Crippen LogP contribution in [0.15, 0.2) is 27.4 Å². The maximum atomic E-state index is 11.5. The maximum Gasteiger partial charge on any atom is 0.419 e. The molecule has 0 radical (unpaired) electrons. The van der Waals surface area contributed by atoms with Gasteiger partial charge in [0.25, 0.3) is 0 Å². The van der Waals surface area contributed by atoms with Gasteiger partial charge in [-0.15, -0.1) is 0 Å². The van der Waals surface area contributed by atoms with E-state index < -0.39 is 0 Å². The van der Waals surface area contributed by atoms with E-state index in [1.165, 1.54) is 4.57 Å². The van der Waals surface area contributed by atoms with E-state index in [0.29, 0.717) is 5.58 Å². The number of nitrogens with zero attached hydrogens (tertiary/aromatic N) is 1. The molecule has 0 aliphatic rings. The molecule has 2 rings (SSSR count). The molecule has 1 heterocycles. The average molecular weight is 263 g/mol. The number of aryl methyl sites for hydroxylation is 1. The normalized spacial score (nSPS) is 13.9. The fraction of sp³-hybridized carbons (Fsp3) is 0.500. The molecule has 0 amide bonds. The molecule has 19 heavy (non-hydrogen) atoms. The molecule has 0 aliphatic carbocycles. The lowest BCUT2D eigenvalue weighted by Crippen LogP contribution is -2.36. The molecule has 1 aromatic heterocycles. The molecule has 3 N–H and O–H groups in total. The van der Waals surface area contributed by atoms with Crippen LogP contribution in [0.3, 0.4) is 0 Å². The largest absolute Gasteiger partial charge is 0.419 e. The number of aromatic nitrogens is 1. The zero-order valence-corrected chi connectivity index (χ0v) is 11.9. The lowest BCUT2D eigenvalue weighted by atomic mass is 9.92. The predicted molar refractivity (Wildman–Crippen MR) is 76.1 cm³/mol. The summed E-state index contributed by atoms with van der Waals surface area (Å²) >= 11 is 0. The summed E-state index contributed by atoms with van der Waals surface area (Å²) in [4.78, 5) is 11.5. The van der Waals surface area contributed by atoms with Gasteiger partial charge in [0.05, 0.1) is 5.52 Å². The molecule has 1 unspecified atom stereocenters. The molecule has 0 spiro atoms. The zero-order chi connectivity index (χ0) is 14.2. The van der Waals surface area contributed by atoms with Crippen molar-refractivity contribution >= 4 is 11.1 Å². The van der Waals surface area contributed by atoms with Gasteiger partial charge in [-0.2, -0.15) is 0 Å². The summed E-state index contributed by atoms with van der Waals surface area (Å²) in [7, 11) is 3.62. The highest BCUT2D eigenvalue weighted by Gasteiger charge is 2.20. The first-order chi connectivity index (χ1) is 8.81. The average Bonchev–Trinajstić information content (AvgIpc) is 2.61. The van der Waals surface area contributed by atoms with Gasteiger partial charge in [-0.1, -0.05) is 6.07 Å². The third-order valence-electron chi connectivity index (χ3n) is 3.30. The van der Waals surface area contributed by atoms with Crippen LogP contribution in [-0.4, -0.2) is 17.2 Å². The SMILES string of the molecule is CNC(CC(C)(C)N)c1ccc2oc(=O)n(C)c2c1. The van der Waals surface area contributed by atoms with Crippen LogP contribution in [0.2, 0.25) is 0 Å². The number of fused-ring (bicyclic) bond motifs is 1. The van der Waals surface area contributed by atoms with E-state index in [1.807, 2.05) is 39.1 Å². The second kappa shape index (κ2) is 4.83. The number of hydrogen-bond donors (Lipinski definition) is 2. The van der Waals surface area contributed by atoms with E-state index in [0.717, 1.165) is 17.5 Å². The van der Waals surface area contributed by atoms with E-state index in [4.69, 9.17) is 10.2 Å². The second-order valence-corrected chi connectivity index (χ2v) is 5.69.